The summed E-state index contributed by atoms with van der Waals surface area (Å²) >= 11 is 0. The molecule has 1 aliphatic rings. The van der Waals surface area contributed by atoms with E-state index in [1.807, 2.05) is 0 Å². The summed E-state index contributed by atoms with van der Waals surface area (Å²) in [5.74, 6) is -0.313. The molecule has 4 rings (SSSR count). The van der Waals surface area contributed by atoms with Crippen molar-refractivity contribution in [3.8, 4) is 11.5 Å². The van der Waals surface area contributed by atoms with Crippen LogP contribution in [0.15, 0.2) is 29.3 Å². The highest BCUT2D eigenvalue weighted by molar-refractivity contribution is 6.03. The van der Waals surface area contributed by atoms with E-state index in [1.54, 1.807) is 24.0 Å². The van der Waals surface area contributed by atoms with Gasteiger partial charge < -0.3 is 24.8 Å². The third kappa shape index (κ3) is 4.99. The summed E-state index contributed by atoms with van der Waals surface area (Å²) in [6, 6.07) is 3.11. The molecule has 0 radical (unpaired) electrons. The zero-order chi connectivity index (χ0) is 24.9. The first-order valence-corrected chi connectivity index (χ1v) is 10.9. The molecule has 35 heavy (non-hydrogen) atoms. The Morgan fingerprint density at radius 2 is 1.91 bits per heavy atom. The van der Waals surface area contributed by atoms with Crippen LogP contribution < -0.4 is 26.1 Å². The molecule has 0 aliphatic carbocycles. The molecular formula is C22H25N7O6. The van der Waals surface area contributed by atoms with E-state index < -0.39 is 5.91 Å². The maximum atomic E-state index is 13.2. The molecule has 184 valence electrons. The topological polar surface area (TPSA) is 164 Å². The minimum atomic E-state index is -0.569. The Labute approximate surface area is 199 Å². The van der Waals surface area contributed by atoms with Crippen molar-refractivity contribution < 1.29 is 23.8 Å². The summed E-state index contributed by atoms with van der Waals surface area (Å²) < 4.78 is 17.8. The van der Waals surface area contributed by atoms with Crippen LogP contribution in [0, 0.1) is 0 Å². The molecular weight excluding hydrogens is 458 g/mol. The number of amides is 2. The number of ether oxygens (including phenoxy) is 3. The molecule has 0 spiro atoms. The van der Waals surface area contributed by atoms with Gasteiger partial charge in [0, 0.05) is 32.0 Å². The molecule has 2 amide bonds. The van der Waals surface area contributed by atoms with Crippen molar-refractivity contribution in [3.63, 3.8) is 0 Å². The number of carbonyl (C=O) groups excluding carboxylic acids is 2. The molecule has 13 heteroatoms. The second-order valence-electron chi connectivity index (χ2n) is 7.54. The van der Waals surface area contributed by atoms with Gasteiger partial charge in [-0.3, -0.25) is 24.3 Å². The number of rotatable bonds is 7. The average molecular weight is 483 g/mol. The van der Waals surface area contributed by atoms with Gasteiger partial charge in [0.25, 0.3) is 17.4 Å². The molecule has 3 heterocycles. The highest BCUT2D eigenvalue weighted by Crippen LogP contribution is 2.34. The van der Waals surface area contributed by atoms with Gasteiger partial charge in [0.15, 0.2) is 18.1 Å². The standard InChI is InChI=1S/C22H25N7O6/c1-3-29-20(32)14-4-5-15(35-12-16(30)28-6-8-34-9-7-28)18(33-2)17(14)26-22(29)27-19(31)13-10-24-21(23)25-11-13/h4-5,10-11H,3,6-9,12H2,1-2H3,(H2,23,24,25)(H,26,27,31). The largest absolute Gasteiger partial charge is 0.491 e. The highest BCUT2D eigenvalue weighted by Gasteiger charge is 2.21. The van der Waals surface area contributed by atoms with Crippen LogP contribution in [0.5, 0.6) is 11.5 Å². The molecule has 13 nitrogen and oxygen atoms in total. The molecule has 1 fully saturated rings. The van der Waals surface area contributed by atoms with Gasteiger partial charge in [0.05, 0.1) is 31.3 Å². The van der Waals surface area contributed by atoms with Gasteiger partial charge in [-0.15, -0.1) is 0 Å². The SMILES string of the molecule is CCn1c(NC(=O)c2cnc(N)nc2)nc2c(OC)c(OCC(=O)N3CCOCC3)ccc2c1=O. The summed E-state index contributed by atoms with van der Waals surface area (Å²) in [6.45, 7) is 3.75. The van der Waals surface area contributed by atoms with Crippen molar-refractivity contribution in [2.75, 3.05) is 51.1 Å². The van der Waals surface area contributed by atoms with E-state index in [4.69, 9.17) is 19.9 Å². The third-order valence-corrected chi connectivity index (χ3v) is 5.44. The minimum absolute atomic E-state index is 0.00617. The van der Waals surface area contributed by atoms with Crippen molar-refractivity contribution in [2.45, 2.75) is 13.5 Å². The van der Waals surface area contributed by atoms with Crippen molar-refractivity contribution in [2.24, 2.45) is 0 Å². The Morgan fingerprint density at radius 1 is 1.20 bits per heavy atom. The molecule has 0 atom stereocenters. The number of benzene rings is 1. The van der Waals surface area contributed by atoms with Crippen molar-refractivity contribution in [1.82, 2.24) is 24.4 Å². The predicted octanol–water partition coefficient (Wildman–Crippen LogP) is 0.287. The van der Waals surface area contributed by atoms with E-state index in [1.165, 1.54) is 24.1 Å². The number of nitrogens with two attached hydrogens (primary N) is 1. The number of hydrogen-bond donors (Lipinski definition) is 2. The molecule has 3 aromatic rings. The van der Waals surface area contributed by atoms with Crippen LogP contribution in [0.1, 0.15) is 17.3 Å². The highest BCUT2D eigenvalue weighted by atomic mass is 16.5. The lowest BCUT2D eigenvalue weighted by Crippen LogP contribution is -2.43. The second-order valence-corrected chi connectivity index (χ2v) is 7.54. The van der Waals surface area contributed by atoms with Gasteiger partial charge in [0.2, 0.25) is 11.9 Å². The smallest absolute Gasteiger partial charge is 0.262 e. The number of nitrogen functional groups attached to an aromatic ring is 1. The molecule has 1 saturated heterocycles. The van der Waals surface area contributed by atoms with Crippen LogP contribution in [0.3, 0.4) is 0 Å². The number of methoxy groups -OCH3 is 1. The lowest BCUT2D eigenvalue weighted by atomic mass is 10.2. The van der Waals surface area contributed by atoms with E-state index in [0.29, 0.717) is 26.3 Å². The quantitative estimate of drug-likeness (QED) is 0.477. The van der Waals surface area contributed by atoms with Crippen LogP contribution in [0.25, 0.3) is 10.9 Å². The summed E-state index contributed by atoms with van der Waals surface area (Å²) in [5, 5.41) is 2.89. The maximum absolute atomic E-state index is 13.2. The number of fused-ring (bicyclic) bond motifs is 1. The van der Waals surface area contributed by atoms with E-state index >= 15 is 0 Å². The number of nitrogens with zero attached hydrogens (tertiary/aromatic N) is 5. The van der Waals surface area contributed by atoms with Gasteiger partial charge >= 0.3 is 0 Å². The number of morpholine rings is 1. The zero-order valence-electron chi connectivity index (χ0n) is 19.3. The first-order valence-electron chi connectivity index (χ1n) is 10.9. The summed E-state index contributed by atoms with van der Waals surface area (Å²) in [7, 11) is 1.41. The number of anilines is 2. The van der Waals surface area contributed by atoms with E-state index in [-0.39, 0.29) is 64.5 Å². The van der Waals surface area contributed by atoms with E-state index in [0.717, 1.165) is 0 Å². The molecule has 0 bridgehead atoms. The number of nitrogens with one attached hydrogen (secondary N) is 1. The van der Waals surface area contributed by atoms with Gasteiger partial charge in [0.1, 0.15) is 5.52 Å². The fraction of sp³-hybridized carbons (Fsp3) is 0.364. The average Bonchev–Trinajstić information content (AvgIpc) is 2.88. The Balaban J connectivity index is 1.66. The number of hydrogen-bond acceptors (Lipinski definition) is 10. The fourth-order valence-electron chi connectivity index (χ4n) is 3.62. The fourth-order valence-corrected chi connectivity index (χ4v) is 3.62. The monoisotopic (exact) mass is 483 g/mol. The van der Waals surface area contributed by atoms with Crippen molar-refractivity contribution in [1.29, 1.82) is 0 Å². The van der Waals surface area contributed by atoms with Crippen LogP contribution in [-0.2, 0) is 16.1 Å². The second kappa shape index (κ2) is 10.3. The minimum Gasteiger partial charge on any atom is -0.491 e. The first kappa shape index (κ1) is 23.9. The Bertz CT molecular complexity index is 1300. The lowest BCUT2D eigenvalue weighted by molar-refractivity contribution is -0.137. The Kier molecular flexibility index (Phi) is 7.06. The Hall–Kier alpha value is -4.26. The molecule has 1 aliphatic heterocycles. The molecule has 2 aromatic heterocycles. The van der Waals surface area contributed by atoms with Crippen molar-refractivity contribution in [3.05, 3.63) is 40.4 Å². The number of aromatic nitrogens is 4. The van der Waals surface area contributed by atoms with E-state index in [2.05, 4.69) is 20.3 Å². The Morgan fingerprint density at radius 3 is 2.57 bits per heavy atom. The maximum Gasteiger partial charge on any atom is 0.262 e. The van der Waals surface area contributed by atoms with Gasteiger partial charge in [-0.2, -0.15) is 0 Å². The zero-order valence-corrected chi connectivity index (χ0v) is 19.3. The van der Waals surface area contributed by atoms with Crippen LogP contribution in [0.2, 0.25) is 0 Å². The molecule has 0 unspecified atom stereocenters. The van der Waals surface area contributed by atoms with Crippen LogP contribution >= 0.6 is 0 Å². The van der Waals surface area contributed by atoms with Crippen molar-refractivity contribution >= 4 is 34.6 Å². The normalized spacial score (nSPS) is 13.5. The van der Waals surface area contributed by atoms with Gasteiger partial charge in [-0.05, 0) is 19.1 Å². The van der Waals surface area contributed by atoms with Gasteiger partial charge in [-0.1, -0.05) is 0 Å². The summed E-state index contributed by atoms with van der Waals surface area (Å²) in [5.41, 5.74) is 5.42. The van der Waals surface area contributed by atoms with Crippen LogP contribution in [-0.4, -0.2) is 76.3 Å². The lowest BCUT2D eigenvalue weighted by Gasteiger charge is -2.26. The molecule has 1 aromatic carbocycles. The molecule has 3 N–H and O–H groups in total. The summed E-state index contributed by atoms with van der Waals surface area (Å²) in [6.07, 6.45) is 2.54. The predicted molar refractivity (Wildman–Crippen MR) is 126 cm³/mol. The van der Waals surface area contributed by atoms with Crippen LogP contribution in [0.4, 0.5) is 11.9 Å². The first-order chi connectivity index (χ1) is 16.9. The molecule has 0 saturated carbocycles. The van der Waals surface area contributed by atoms with Gasteiger partial charge in [-0.25, -0.2) is 15.0 Å². The number of carbonyl (C=O) groups is 2. The van der Waals surface area contributed by atoms with E-state index in [9.17, 15) is 14.4 Å². The third-order valence-electron chi connectivity index (χ3n) is 5.44. The summed E-state index contributed by atoms with van der Waals surface area (Å²) in [4.78, 5) is 52.1.